The second-order valence-electron chi connectivity index (χ2n) is 6.46. The van der Waals surface area contributed by atoms with Gasteiger partial charge in [0, 0.05) is 29.4 Å². The smallest absolute Gasteiger partial charge is 0.262 e. The number of carbonyl (C=O) groups is 1. The summed E-state index contributed by atoms with van der Waals surface area (Å²) in [4.78, 5) is 11.2. The van der Waals surface area contributed by atoms with Crippen molar-refractivity contribution in [1.82, 2.24) is 0 Å². The molecule has 0 unspecified atom stereocenters. The van der Waals surface area contributed by atoms with Crippen molar-refractivity contribution in [2.45, 2.75) is 11.8 Å². The third-order valence-corrected chi connectivity index (χ3v) is 5.81. The Hall–Kier alpha value is -3.52. The largest absolute Gasteiger partial charge is 0.495 e. The summed E-state index contributed by atoms with van der Waals surface area (Å²) in [7, 11) is -2.40. The molecule has 0 aliphatic heterocycles. The van der Waals surface area contributed by atoms with E-state index in [1.807, 2.05) is 24.3 Å². The van der Waals surface area contributed by atoms with Crippen LogP contribution in [0.3, 0.4) is 0 Å². The van der Waals surface area contributed by atoms with Gasteiger partial charge < -0.3 is 14.5 Å². The Morgan fingerprint density at radius 1 is 0.966 bits per heavy atom. The molecule has 8 heteroatoms. The molecule has 2 N–H and O–H groups in total. The Labute approximate surface area is 167 Å². The average Bonchev–Trinajstić information content (AvgIpc) is 3.04. The van der Waals surface area contributed by atoms with E-state index in [9.17, 15) is 13.2 Å². The van der Waals surface area contributed by atoms with E-state index in [-0.39, 0.29) is 16.5 Å². The number of fused-ring (bicyclic) bond motifs is 3. The molecule has 0 atom stereocenters. The second-order valence-corrected chi connectivity index (χ2v) is 8.14. The van der Waals surface area contributed by atoms with Gasteiger partial charge in [0.2, 0.25) is 5.91 Å². The molecule has 1 aromatic heterocycles. The van der Waals surface area contributed by atoms with Crippen LogP contribution in [0, 0.1) is 0 Å². The van der Waals surface area contributed by atoms with Gasteiger partial charge >= 0.3 is 0 Å². The molecule has 0 aliphatic carbocycles. The minimum atomic E-state index is -3.87. The fraction of sp³-hybridized carbons (Fsp3) is 0.0952. The number of rotatable bonds is 5. The van der Waals surface area contributed by atoms with Gasteiger partial charge in [-0.2, -0.15) is 0 Å². The minimum absolute atomic E-state index is 0.0540. The molecule has 0 bridgehead atoms. The number of sulfonamides is 1. The molecule has 0 spiro atoms. The molecule has 0 aliphatic rings. The van der Waals surface area contributed by atoms with E-state index in [1.165, 1.54) is 38.3 Å². The molecule has 0 radical (unpaired) electrons. The first-order valence-corrected chi connectivity index (χ1v) is 10.3. The van der Waals surface area contributed by atoms with Crippen molar-refractivity contribution >= 4 is 49.2 Å². The van der Waals surface area contributed by atoms with Crippen LogP contribution in [0.5, 0.6) is 5.75 Å². The third-order valence-electron chi connectivity index (χ3n) is 4.43. The maximum atomic E-state index is 12.8. The number of hydrogen-bond donors (Lipinski definition) is 2. The zero-order chi connectivity index (χ0) is 20.6. The van der Waals surface area contributed by atoms with Gasteiger partial charge in [0.1, 0.15) is 16.9 Å². The minimum Gasteiger partial charge on any atom is -0.495 e. The maximum absolute atomic E-state index is 12.8. The normalized spacial score (nSPS) is 11.5. The number of hydrogen-bond acceptors (Lipinski definition) is 5. The highest BCUT2D eigenvalue weighted by atomic mass is 32.2. The van der Waals surface area contributed by atoms with Gasteiger partial charge in [0.25, 0.3) is 10.0 Å². The number of amides is 1. The van der Waals surface area contributed by atoms with Crippen molar-refractivity contribution in [1.29, 1.82) is 0 Å². The first kappa shape index (κ1) is 18.8. The van der Waals surface area contributed by atoms with Crippen LogP contribution >= 0.6 is 0 Å². The molecular formula is C21H18N2O5S. The summed E-state index contributed by atoms with van der Waals surface area (Å²) < 4.78 is 39.4. The van der Waals surface area contributed by atoms with E-state index in [2.05, 4.69) is 10.0 Å². The van der Waals surface area contributed by atoms with Crippen molar-refractivity contribution in [2.24, 2.45) is 0 Å². The lowest BCUT2D eigenvalue weighted by Gasteiger charge is -2.12. The highest BCUT2D eigenvalue weighted by Crippen LogP contribution is 2.37. The summed E-state index contributed by atoms with van der Waals surface area (Å²) >= 11 is 0. The summed E-state index contributed by atoms with van der Waals surface area (Å²) in [6, 6.07) is 16.8. The Morgan fingerprint density at radius 2 is 1.69 bits per heavy atom. The molecule has 0 saturated heterocycles. The van der Waals surface area contributed by atoms with Crippen LogP contribution in [0.4, 0.5) is 11.4 Å². The number of ether oxygens (including phenoxy) is 1. The molecule has 1 amide bonds. The summed E-state index contributed by atoms with van der Waals surface area (Å²) in [6.07, 6.45) is 0. The van der Waals surface area contributed by atoms with E-state index in [4.69, 9.17) is 9.15 Å². The van der Waals surface area contributed by atoms with E-state index in [0.717, 1.165) is 10.8 Å². The molecular weight excluding hydrogens is 392 g/mol. The van der Waals surface area contributed by atoms with Crippen LogP contribution < -0.4 is 14.8 Å². The average molecular weight is 410 g/mol. The third kappa shape index (κ3) is 3.62. The van der Waals surface area contributed by atoms with E-state index in [0.29, 0.717) is 22.6 Å². The lowest BCUT2D eigenvalue weighted by molar-refractivity contribution is -0.114. The Balaban J connectivity index is 1.72. The standard InChI is InChI=1S/C21H18N2O5S/c1-13(24)22-14-7-9-15(10-8-14)29(25,26)23-18-12-20-17(11-21(18)27-2)16-5-3-4-6-19(16)28-20/h3-12,23H,1-2H3,(H,22,24). The molecule has 0 fully saturated rings. The first-order chi connectivity index (χ1) is 13.9. The van der Waals surface area contributed by atoms with Gasteiger partial charge in [-0.05, 0) is 36.4 Å². The van der Waals surface area contributed by atoms with Crippen molar-refractivity contribution in [2.75, 3.05) is 17.1 Å². The van der Waals surface area contributed by atoms with Crippen LogP contribution in [0.2, 0.25) is 0 Å². The Kier molecular flexibility index (Phi) is 4.63. The SMILES string of the molecule is COc1cc2c(cc1NS(=O)(=O)c1ccc(NC(C)=O)cc1)oc1ccccc12. The van der Waals surface area contributed by atoms with Gasteiger partial charge in [0.15, 0.2) is 0 Å². The molecule has 3 aromatic carbocycles. The zero-order valence-electron chi connectivity index (χ0n) is 15.7. The number of methoxy groups -OCH3 is 1. The fourth-order valence-electron chi connectivity index (χ4n) is 3.12. The highest BCUT2D eigenvalue weighted by molar-refractivity contribution is 7.92. The lowest BCUT2D eigenvalue weighted by Crippen LogP contribution is -2.14. The Morgan fingerprint density at radius 3 is 2.38 bits per heavy atom. The van der Waals surface area contributed by atoms with Gasteiger partial charge in [-0.3, -0.25) is 9.52 Å². The van der Waals surface area contributed by atoms with E-state index >= 15 is 0 Å². The fourth-order valence-corrected chi connectivity index (χ4v) is 4.19. The van der Waals surface area contributed by atoms with Crippen LogP contribution in [-0.2, 0) is 14.8 Å². The number of para-hydroxylation sites is 1. The van der Waals surface area contributed by atoms with Crippen molar-refractivity contribution in [3.63, 3.8) is 0 Å². The molecule has 7 nitrogen and oxygen atoms in total. The predicted molar refractivity (Wildman–Crippen MR) is 112 cm³/mol. The maximum Gasteiger partial charge on any atom is 0.262 e. The monoisotopic (exact) mass is 410 g/mol. The summed E-state index contributed by atoms with van der Waals surface area (Å²) in [5, 5.41) is 4.35. The van der Waals surface area contributed by atoms with Gasteiger partial charge in [0.05, 0.1) is 17.7 Å². The number of carbonyl (C=O) groups excluding carboxylic acids is 1. The molecule has 1 heterocycles. The van der Waals surface area contributed by atoms with Gasteiger partial charge in [-0.15, -0.1) is 0 Å². The van der Waals surface area contributed by atoms with Gasteiger partial charge in [-0.1, -0.05) is 18.2 Å². The molecule has 148 valence electrons. The van der Waals surface area contributed by atoms with Crippen molar-refractivity contribution in [3.05, 3.63) is 60.7 Å². The molecule has 0 saturated carbocycles. The quantitative estimate of drug-likeness (QED) is 0.510. The van der Waals surface area contributed by atoms with Gasteiger partial charge in [-0.25, -0.2) is 8.42 Å². The molecule has 29 heavy (non-hydrogen) atoms. The number of nitrogens with one attached hydrogen (secondary N) is 2. The molecule has 4 rings (SSSR count). The first-order valence-electron chi connectivity index (χ1n) is 8.77. The van der Waals surface area contributed by atoms with Crippen molar-refractivity contribution in [3.8, 4) is 5.75 Å². The van der Waals surface area contributed by atoms with E-state index in [1.54, 1.807) is 12.1 Å². The van der Waals surface area contributed by atoms with Crippen LogP contribution in [0.25, 0.3) is 21.9 Å². The number of furan rings is 1. The van der Waals surface area contributed by atoms with Crippen LogP contribution in [-0.4, -0.2) is 21.4 Å². The Bertz CT molecular complexity index is 1320. The summed E-state index contributed by atoms with van der Waals surface area (Å²) in [6.45, 7) is 1.38. The summed E-state index contributed by atoms with van der Waals surface area (Å²) in [5.74, 6) is 0.144. The van der Waals surface area contributed by atoms with Crippen LogP contribution in [0.15, 0.2) is 70.0 Å². The highest BCUT2D eigenvalue weighted by Gasteiger charge is 2.19. The zero-order valence-corrected chi connectivity index (χ0v) is 16.5. The lowest BCUT2D eigenvalue weighted by atomic mass is 10.1. The summed E-state index contributed by atoms with van der Waals surface area (Å²) in [5.41, 5.74) is 2.03. The predicted octanol–water partition coefficient (Wildman–Crippen LogP) is 4.35. The van der Waals surface area contributed by atoms with Crippen molar-refractivity contribution < 1.29 is 22.4 Å². The number of anilines is 2. The van der Waals surface area contributed by atoms with Crippen LogP contribution in [0.1, 0.15) is 6.92 Å². The molecule has 4 aromatic rings. The number of benzene rings is 3. The topological polar surface area (TPSA) is 97.6 Å². The van der Waals surface area contributed by atoms with E-state index < -0.39 is 10.0 Å². The second kappa shape index (κ2) is 7.14.